The molecule has 0 aromatic carbocycles. The maximum absolute atomic E-state index is 12.2. The number of aryl methyl sites for hydroxylation is 1. The van der Waals surface area contributed by atoms with Gasteiger partial charge in [0, 0.05) is 51.4 Å². The van der Waals surface area contributed by atoms with Crippen molar-refractivity contribution in [2.24, 2.45) is 30.7 Å². The molecule has 6 heteroatoms. The summed E-state index contributed by atoms with van der Waals surface area (Å²) in [5.74, 6) is 2.47. The van der Waals surface area contributed by atoms with Crippen molar-refractivity contribution in [3.63, 3.8) is 0 Å². The Balaban J connectivity index is 1.31. The number of carbonyl (C=O) groups is 1. The van der Waals surface area contributed by atoms with Gasteiger partial charge < -0.3 is 10.1 Å². The highest BCUT2D eigenvalue weighted by atomic mass is 16.5. The van der Waals surface area contributed by atoms with Crippen molar-refractivity contribution >= 4 is 5.91 Å². The van der Waals surface area contributed by atoms with Gasteiger partial charge in [0.1, 0.15) is 0 Å². The Morgan fingerprint density at radius 2 is 2.25 bits per heavy atom. The Hall–Kier alpha value is -1.40. The molecule has 0 spiro atoms. The number of fused-ring (bicyclic) bond motifs is 1. The zero-order valence-electron chi connectivity index (χ0n) is 14.5. The second-order valence-corrected chi connectivity index (χ2v) is 7.89. The Labute approximate surface area is 143 Å². The first-order chi connectivity index (χ1) is 11.7. The second-order valence-electron chi connectivity index (χ2n) is 7.89. The molecule has 3 heterocycles. The van der Waals surface area contributed by atoms with Crippen LogP contribution in [0.2, 0.25) is 0 Å². The zero-order valence-corrected chi connectivity index (χ0v) is 14.5. The summed E-state index contributed by atoms with van der Waals surface area (Å²) in [5, 5.41) is 7.36. The van der Waals surface area contributed by atoms with Crippen LogP contribution >= 0.6 is 0 Å². The topological polar surface area (TPSA) is 59.4 Å². The molecule has 2 saturated heterocycles. The molecule has 1 aromatic heterocycles. The van der Waals surface area contributed by atoms with Crippen molar-refractivity contribution in [2.45, 2.75) is 25.8 Å². The van der Waals surface area contributed by atoms with E-state index in [-0.39, 0.29) is 5.91 Å². The number of carbonyl (C=O) groups excluding carboxylic acids is 1. The third-order valence-corrected chi connectivity index (χ3v) is 5.73. The molecule has 0 unspecified atom stereocenters. The first-order valence-corrected chi connectivity index (χ1v) is 9.21. The van der Waals surface area contributed by atoms with Crippen molar-refractivity contribution in [3.8, 4) is 0 Å². The average molecular weight is 332 g/mol. The predicted molar refractivity (Wildman–Crippen MR) is 90.1 cm³/mol. The van der Waals surface area contributed by atoms with E-state index in [0.717, 1.165) is 45.3 Å². The number of amides is 1. The summed E-state index contributed by atoms with van der Waals surface area (Å²) in [6, 6.07) is 0. The summed E-state index contributed by atoms with van der Waals surface area (Å²) in [6.07, 6.45) is 7.21. The smallest absolute Gasteiger partial charge is 0.220 e. The first-order valence-electron chi connectivity index (χ1n) is 9.21. The maximum atomic E-state index is 12.2. The Morgan fingerprint density at radius 1 is 1.38 bits per heavy atom. The lowest BCUT2D eigenvalue weighted by Crippen LogP contribution is -2.38. The molecule has 1 aromatic rings. The first kappa shape index (κ1) is 16.1. The lowest BCUT2D eigenvalue weighted by Gasteiger charge is -2.32. The van der Waals surface area contributed by atoms with Crippen LogP contribution in [0.3, 0.4) is 0 Å². The molecule has 3 fully saturated rings. The van der Waals surface area contributed by atoms with Gasteiger partial charge in [0.2, 0.25) is 5.91 Å². The fourth-order valence-electron chi connectivity index (χ4n) is 4.24. The van der Waals surface area contributed by atoms with Gasteiger partial charge in [-0.15, -0.1) is 0 Å². The van der Waals surface area contributed by atoms with E-state index < -0.39 is 0 Å². The lowest BCUT2D eigenvalue weighted by atomic mass is 9.81. The average Bonchev–Trinajstić information content (AvgIpc) is 3.16. The fraction of sp³-hybridized carbons (Fsp3) is 0.778. The molecule has 0 bridgehead atoms. The van der Waals surface area contributed by atoms with E-state index in [9.17, 15) is 4.79 Å². The van der Waals surface area contributed by atoms with E-state index in [0.29, 0.717) is 24.2 Å². The second kappa shape index (κ2) is 6.84. The van der Waals surface area contributed by atoms with Gasteiger partial charge in [-0.1, -0.05) is 0 Å². The van der Waals surface area contributed by atoms with Crippen molar-refractivity contribution < 1.29 is 9.53 Å². The number of hydrogen-bond donors (Lipinski definition) is 1. The van der Waals surface area contributed by atoms with E-state index in [4.69, 9.17) is 4.74 Å². The minimum Gasteiger partial charge on any atom is -0.381 e. The Kier molecular flexibility index (Phi) is 4.59. The van der Waals surface area contributed by atoms with E-state index in [1.165, 1.54) is 18.4 Å². The van der Waals surface area contributed by atoms with Gasteiger partial charge in [-0.05, 0) is 36.5 Å². The van der Waals surface area contributed by atoms with Gasteiger partial charge in [-0.25, -0.2) is 0 Å². The van der Waals surface area contributed by atoms with Gasteiger partial charge in [-0.3, -0.25) is 14.4 Å². The van der Waals surface area contributed by atoms with Crippen molar-refractivity contribution in [2.75, 3.05) is 32.8 Å². The summed E-state index contributed by atoms with van der Waals surface area (Å²) in [4.78, 5) is 14.7. The largest absolute Gasteiger partial charge is 0.381 e. The summed E-state index contributed by atoms with van der Waals surface area (Å²) in [6.45, 7) is 5.53. The van der Waals surface area contributed by atoms with Crippen LogP contribution in [0, 0.1) is 23.7 Å². The number of likely N-dealkylation sites (tertiary alicyclic amines) is 1. The van der Waals surface area contributed by atoms with Gasteiger partial charge >= 0.3 is 0 Å². The number of nitrogens with one attached hydrogen (secondary N) is 1. The molecule has 3 atom stereocenters. The number of rotatable bonds is 6. The summed E-state index contributed by atoms with van der Waals surface area (Å²) in [5.41, 5.74) is 1.26. The van der Waals surface area contributed by atoms with E-state index in [2.05, 4.69) is 21.5 Å². The highest BCUT2D eigenvalue weighted by Crippen LogP contribution is 2.36. The fourth-order valence-corrected chi connectivity index (χ4v) is 4.24. The molecule has 0 radical (unpaired) electrons. The van der Waals surface area contributed by atoms with Crippen LogP contribution in [0.5, 0.6) is 0 Å². The molecular formula is C18H28N4O2. The molecule has 1 saturated carbocycles. The summed E-state index contributed by atoms with van der Waals surface area (Å²) in [7, 11) is 1.96. The minimum atomic E-state index is 0.210. The van der Waals surface area contributed by atoms with Gasteiger partial charge in [0.05, 0.1) is 19.4 Å². The minimum absolute atomic E-state index is 0.210. The SMILES string of the molecule is Cn1cc(CN2C[C@@H]3COC[C@@H](CC(=O)NCC4CC4)[C@@H]3C2)cn1. The Morgan fingerprint density at radius 3 is 3.00 bits per heavy atom. The van der Waals surface area contributed by atoms with Gasteiger partial charge in [-0.2, -0.15) is 5.10 Å². The molecule has 6 nitrogen and oxygen atoms in total. The molecular weight excluding hydrogens is 304 g/mol. The number of aromatic nitrogens is 2. The standard InChI is InChI=1S/C18H28N4O2/c1-21-7-14(6-20-21)8-22-9-16-12-24-11-15(17(16)10-22)4-18(23)19-5-13-2-3-13/h6-7,13,15-17H,2-5,8-12H2,1H3,(H,19,23)/t15-,16-,17+/m1/s1. The highest BCUT2D eigenvalue weighted by Gasteiger charge is 2.41. The van der Waals surface area contributed by atoms with Gasteiger partial charge in [0.15, 0.2) is 0 Å². The van der Waals surface area contributed by atoms with Crippen LogP contribution in [0.4, 0.5) is 0 Å². The van der Waals surface area contributed by atoms with Crippen LogP contribution < -0.4 is 5.32 Å². The lowest BCUT2D eigenvalue weighted by molar-refractivity contribution is -0.124. The van der Waals surface area contributed by atoms with Crippen LogP contribution in [-0.2, 0) is 23.1 Å². The molecule has 1 amide bonds. The van der Waals surface area contributed by atoms with Crippen molar-refractivity contribution in [3.05, 3.63) is 18.0 Å². The third kappa shape index (κ3) is 3.81. The number of ether oxygens (including phenoxy) is 1. The molecule has 24 heavy (non-hydrogen) atoms. The van der Waals surface area contributed by atoms with Gasteiger partial charge in [0.25, 0.3) is 0 Å². The Bertz CT molecular complexity index is 583. The molecule has 3 aliphatic rings. The molecule has 2 aliphatic heterocycles. The van der Waals surface area contributed by atoms with Crippen LogP contribution in [-0.4, -0.2) is 53.4 Å². The number of hydrogen-bond acceptors (Lipinski definition) is 4. The van der Waals surface area contributed by atoms with Crippen molar-refractivity contribution in [1.29, 1.82) is 0 Å². The normalized spacial score (nSPS) is 30.3. The monoisotopic (exact) mass is 332 g/mol. The van der Waals surface area contributed by atoms with E-state index in [1.54, 1.807) is 0 Å². The molecule has 4 rings (SSSR count). The van der Waals surface area contributed by atoms with Crippen LogP contribution in [0.1, 0.15) is 24.8 Å². The third-order valence-electron chi connectivity index (χ3n) is 5.73. The summed E-state index contributed by atoms with van der Waals surface area (Å²) >= 11 is 0. The highest BCUT2D eigenvalue weighted by molar-refractivity contribution is 5.76. The predicted octanol–water partition coefficient (Wildman–Crippen LogP) is 1.03. The quantitative estimate of drug-likeness (QED) is 0.845. The van der Waals surface area contributed by atoms with E-state index in [1.807, 2.05) is 17.9 Å². The molecule has 132 valence electrons. The maximum Gasteiger partial charge on any atom is 0.220 e. The zero-order chi connectivity index (χ0) is 16.5. The summed E-state index contributed by atoms with van der Waals surface area (Å²) < 4.78 is 7.67. The van der Waals surface area contributed by atoms with E-state index >= 15 is 0 Å². The number of nitrogens with zero attached hydrogens (tertiary/aromatic N) is 3. The van der Waals surface area contributed by atoms with Crippen molar-refractivity contribution in [1.82, 2.24) is 20.0 Å². The van der Waals surface area contributed by atoms with Crippen LogP contribution in [0.15, 0.2) is 12.4 Å². The molecule has 1 N–H and O–H groups in total. The van der Waals surface area contributed by atoms with Crippen LogP contribution in [0.25, 0.3) is 0 Å². The molecule has 1 aliphatic carbocycles.